The largest absolute Gasteiger partial charge is 0.354 e. The van der Waals surface area contributed by atoms with Crippen molar-refractivity contribution in [3.63, 3.8) is 0 Å². The molecule has 0 spiro atoms. The molecule has 0 aliphatic rings. The number of nitrogens with one attached hydrogen (secondary N) is 2. The van der Waals surface area contributed by atoms with Gasteiger partial charge < -0.3 is 15.2 Å². The van der Waals surface area contributed by atoms with Crippen LogP contribution >= 0.6 is 0 Å². The van der Waals surface area contributed by atoms with Crippen LogP contribution in [0.1, 0.15) is 32.2 Å². The number of benzene rings is 1. The molecule has 0 saturated carbocycles. The highest BCUT2D eigenvalue weighted by atomic mass is 16.2. The highest BCUT2D eigenvalue weighted by Crippen LogP contribution is 2.11. The minimum absolute atomic E-state index is 0.00540. The van der Waals surface area contributed by atoms with E-state index in [1.54, 1.807) is 6.20 Å². The summed E-state index contributed by atoms with van der Waals surface area (Å²) >= 11 is 0. The molecule has 1 aromatic carbocycles. The second kappa shape index (κ2) is 8.46. The van der Waals surface area contributed by atoms with Crippen LogP contribution in [-0.2, 0) is 22.6 Å². The lowest BCUT2D eigenvalue weighted by atomic mass is 9.96. The molecule has 1 heterocycles. The highest BCUT2D eigenvalue weighted by Gasteiger charge is 2.21. The zero-order valence-electron chi connectivity index (χ0n) is 15.1. The summed E-state index contributed by atoms with van der Waals surface area (Å²) in [5.41, 5.74) is 0.707. The maximum absolute atomic E-state index is 11.8. The molecular weight excluding hydrogens is 316 g/mol. The zero-order valence-corrected chi connectivity index (χ0v) is 15.1. The number of carbonyl (C=O) groups is 2. The Kier molecular flexibility index (Phi) is 6.33. The van der Waals surface area contributed by atoms with Crippen molar-refractivity contribution in [1.82, 2.24) is 20.2 Å². The quantitative estimate of drug-likeness (QED) is 0.805. The molecule has 2 aromatic rings. The second-order valence-corrected chi connectivity index (χ2v) is 6.99. The zero-order chi connectivity index (χ0) is 18.3. The molecule has 0 bridgehead atoms. The Morgan fingerprint density at radius 3 is 2.52 bits per heavy atom. The van der Waals surface area contributed by atoms with Gasteiger partial charge in [-0.2, -0.15) is 0 Å². The molecule has 2 N–H and O–H groups in total. The third-order valence-electron chi connectivity index (χ3n) is 3.76. The Balaban J connectivity index is 1.76. The molecule has 0 aliphatic carbocycles. The maximum Gasteiger partial charge on any atom is 0.239 e. The van der Waals surface area contributed by atoms with Crippen LogP contribution in [-0.4, -0.2) is 34.5 Å². The van der Waals surface area contributed by atoms with Gasteiger partial charge in [0, 0.05) is 37.3 Å². The van der Waals surface area contributed by atoms with E-state index in [4.69, 9.17) is 0 Å². The fraction of sp³-hybridized carbons (Fsp3) is 0.421. The minimum atomic E-state index is -0.498. The number of rotatable bonds is 7. The van der Waals surface area contributed by atoms with E-state index in [1.165, 1.54) is 5.56 Å². The van der Waals surface area contributed by atoms with Crippen LogP contribution in [0.25, 0.3) is 0 Å². The van der Waals surface area contributed by atoms with E-state index in [-0.39, 0.29) is 18.4 Å². The van der Waals surface area contributed by atoms with Crippen molar-refractivity contribution in [2.75, 3.05) is 13.1 Å². The number of nitrogens with zero attached hydrogens (tertiary/aromatic N) is 2. The monoisotopic (exact) mass is 342 g/mol. The summed E-state index contributed by atoms with van der Waals surface area (Å²) in [6, 6.07) is 10.2. The van der Waals surface area contributed by atoms with Crippen LogP contribution in [0.2, 0.25) is 0 Å². The van der Waals surface area contributed by atoms with Crippen molar-refractivity contribution in [2.45, 2.75) is 33.7 Å². The molecule has 0 atom stereocenters. The van der Waals surface area contributed by atoms with E-state index < -0.39 is 5.41 Å². The van der Waals surface area contributed by atoms with Crippen LogP contribution in [0.3, 0.4) is 0 Å². The van der Waals surface area contributed by atoms with Gasteiger partial charge in [-0.25, -0.2) is 4.98 Å². The number of carbonyl (C=O) groups excluding carboxylic acids is 2. The Morgan fingerprint density at radius 2 is 1.84 bits per heavy atom. The van der Waals surface area contributed by atoms with Crippen LogP contribution in [0.4, 0.5) is 0 Å². The second-order valence-electron chi connectivity index (χ2n) is 6.99. The van der Waals surface area contributed by atoms with E-state index >= 15 is 0 Å². The predicted octanol–water partition coefficient (Wildman–Crippen LogP) is 1.75. The van der Waals surface area contributed by atoms with Gasteiger partial charge in [-0.15, -0.1) is 0 Å². The van der Waals surface area contributed by atoms with Crippen molar-refractivity contribution >= 4 is 11.8 Å². The van der Waals surface area contributed by atoms with Crippen molar-refractivity contribution in [3.05, 3.63) is 54.1 Å². The van der Waals surface area contributed by atoms with Gasteiger partial charge in [0.1, 0.15) is 5.82 Å². The van der Waals surface area contributed by atoms with Gasteiger partial charge in [0.05, 0.1) is 6.54 Å². The lowest BCUT2D eigenvalue weighted by Crippen LogP contribution is -2.42. The van der Waals surface area contributed by atoms with Crippen molar-refractivity contribution in [1.29, 1.82) is 0 Å². The normalized spacial score (nSPS) is 11.2. The third kappa shape index (κ3) is 6.06. The van der Waals surface area contributed by atoms with E-state index in [2.05, 4.69) is 32.3 Å². The summed E-state index contributed by atoms with van der Waals surface area (Å²) in [4.78, 5) is 27.9. The molecule has 2 amide bonds. The maximum atomic E-state index is 11.8. The predicted molar refractivity (Wildman–Crippen MR) is 96.9 cm³/mol. The summed E-state index contributed by atoms with van der Waals surface area (Å²) in [6.07, 6.45) is 4.34. The average molecular weight is 342 g/mol. The fourth-order valence-electron chi connectivity index (χ4n) is 2.29. The summed E-state index contributed by atoms with van der Waals surface area (Å²) in [5.74, 6) is 0.586. The summed E-state index contributed by atoms with van der Waals surface area (Å²) < 4.78 is 2.07. The van der Waals surface area contributed by atoms with Crippen LogP contribution in [0, 0.1) is 5.41 Å². The lowest BCUT2D eigenvalue weighted by Gasteiger charge is -2.17. The molecule has 0 radical (unpaired) electrons. The highest BCUT2D eigenvalue weighted by molar-refractivity contribution is 5.87. The van der Waals surface area contributed by atoms with Gasteiger partial charge in [0.15, 0.2) is 0 Å². The molecule has 0 saturated heterocycles. The van der Waals surface area contributed by atoms with Gasteiger partial charge >= 0.3 is 0 Å². The Bertz CT molecular complexity index is 702. The van der Waals surface area contributed by atoms with Gasteiger partial charge in [0.2, 0.25) is 11.8 Å². The third-order valence-corrected chi connectivity index (χ3v) is 3.76. The molecule has 25 heavy (non-hydrogen) atoms. The first kappa shape index (κ1) is 18.7. The average Bonchev–Trinajstić information content (AvgIpc) is 3.00. The van der Waals surface area contributed by atoms with E-state index in [0.29, 0.717) is 13.0 Å². The van der Waals surface area contributed by atoms with E-state index in [1.807, 2.05) is 45.2 Å². The summed E-state index contributed by atoms with van der Waals surface area (Å²) in [7, 11) is 0. The Labute approximate surface area is 148 Å². The molecule has 6 nitrogen and oxygen atoms in total. The number of amides is 2. The molecule has 1 aromatic heterocycles. The smallest absolute Gasteiger partial charge is 0.239 e. The molecule has 2 rings (SSSR count). The molecule has 0 unspecified atom stereocenters. The van der Waals surface area contributed by atoms with E-state index in [0.717, 1.165) is 12.4 Å². The molecular formula is C19H26N4O2. The molecule has 6 heteroatoms. The van der Waals surface area contributed by atoms with Gasteiger partial charge in [-0.3, -0.25) is 9.59 Å². The van der Waals surface area contributed by atoms with Crippen LogP contribution in [0.5, 0.6) is 0 Å². The van der Waals surface area contributed by atoms with Gasteiger partial charge in [-0.05, 0) is 5.56 Å². The van der Waals surface area contributed by atoms with Gasteiger partial charge in [0.25, 0.3) is 0 Å². The molecule has 134 valence electrons. The summed E-state index contributed by atoms with van der Waals surface area (Å²) in [6.45, 7) is 6.67. The number of aromatic nitrogens is 2. The summed E-state index contributed by atoms with van der Waals surface area (Å²) in [5, 5.41) is 5.45. The first-order valence-electron chi connectivity index (χ1n) is 8.45. The molecule has 0 aliphatic heterocycles. The lowest BCUT2D eigenvalue weighted by molar-refractivity contribution is -0.131. The van der Waals surface area contributed by atoms with Crippen molar-refractivity contribution in [3.8, 4) is 0 Å². The van der Waals surface area contributed by atoms with Gasteiger partial charge in [-0.1, -0.05) is 51.1 Å². The van der Waals surface area contributed by atoms with Crippen molar-refractivity contribution in [2.24, 2.45) is 5.41 Å². The number of hydrogen-bond acceptors (Lipinski definition) is 3. The number of imidazole rings is 1. The minimum Gasteiger partial charge on any atom is -0.354 e. The van der Waals surface area contributed by atoms with Crippen LogP contribution < -0.4 is 10.6 Å². The first-order chi connectivity index (χ1) is 11.9. The SMILES string of the molecule is CC(C)(C)C(=O)NCC(=O)NCCc1nccn1Cc1ccccc1. The number of hydrogen-bond donors (Lipinski definition) is 2. The first-order valence-corrected chi connectivity index (χ1v) is 8.45. The standard InChI is InChI=1S/C19H26N4O2/c1-19(2,3)18(25)22-13-17(24)21-10-9-16-20-11-12-23(16)14-15-7-5-4-6-8-15/h4-8,11-12H,9-10,13-14H2,1-3H3,(H,21,24)(H,22,25). The Morgan fingerprint density at radius 1 is 1.12 bits per heavy atom. The van der Waals surface area contributed by atoms with E-state index in [9.17, 15) is 9.59 Å². The fourth-order valence-corrected chi connectivity index (χ4v) is 2.29. The molecule has 0 fully saturated rings. The van der Waals surface area contributed by atoms with Crippen molar-refractivity contribution < 1.29 is 9.59 Å². The topological polar surface area (TPSA) is 76.0 Å². The Hall–Kier alpha value is -2.63. The van der Waals surface area contributed by atoms with Crippen LogP contribution in [0.15, 0.2) is 42.7 Å².